The lowest BCUT2D eigenvalue weighted by atomic mass is 9.91. The number of rotatable bonds is 6. The van der Waals surface area contributed by atoms with Crippen LogP contribution < -0.4 is 0 Å². The van der Waals surface area contributed by atoms with E-state index in [4.69, 9.17) is 9.47 Å². The highest BCUT2D eigenvalue weighted by molar-refractivity contribution is 5.76. The number of cyclic esters (lactones) is 1. The maximum absolute atomic E-state index is 12.1. The molecule has 0 unspecified atom stereocenters. The molecule has 6 nitrogen and oxygen atoms in total. The molecule has 0 saturated carbocycles. The van der Waals surface area contributed by atoms with Crippen LogP contribution in [-0.2, 0) is 14.3 Å². The van der Waals surface area contributed by atoms with Crippen LogP contribution in [0.4, 0.5) is 4.79 Å². The number of carbonyl (C=O) groups is 2. The molecule has 6 heteroatoms. The number of likely N-dealkylation sites (tertiary alicyclic amines) is 1. The molecule has 2 rings (SSSR count). The molecule has 2 fully saturated rings. The highest BCUT2D eigenvalue weighted by Gasteiger charge is 2.38. The fourth-order valence-electron chi connectivity index (χ4n) is 3.10. The third kappa shape index (κ3) is 4.96. The normalized spacial score (nSPS) is 21.9. The molecule has 0 radical (unpaired) electrons. The van der Waals surface area contributed by atoms with Crippen molar-refractivity contribution >= 4 is 12.0 Å². The Hall–Kier alpha value is -1.56. The summed E-state index contributed by atoms with van der Waals surface area (Å²) in [7, 11) is 0. The smallest absolute Gasteiger partial charge is 0.410 e. The minimum absolute atomic E-state index is 0.0106. The van der Waals surface area contributed by atoms with Crippen LogP contribution in [0.1, 0.15) is 33.1 Å². The molecule has 0 aromatic heterocycles. The quantitative estimate of drug-likeness (QED) is 0.554. The van der Waals surface area contributed by atoms with E-state index in [0.29, 0.717) is 39.3 Å². The van der Waals surface area contributed by atoms with Crippen molar-refractivity contribution in [1.82, 2.24) is 9.80 Å². The van der Waals surface area contributed by atoms with Crippen LogP contribution in [0.3, 0.4) is 0 Å². The standard InChI is InChI=1S/C17H28N2O4/c1-4-10-22-11-7-15(20)18-8-5-14(6-9-18)19-12-17(2,3)13-23-16(19)21/h4,14H,1,5-13H2,2-3H3. The average molecular weight is 324 g/mol. The van der Waals surface area contributed by atoms with Crippen molar-refractivity contribution in [3.8, 4) is 0 Å². The first-order chi connectivity index (χ1) is 10.9. The molecule has 130 valence electrons. The van der Waals surface area contributed by atoms with Gasteiger partial charge in [0.25, 0.3) is 0 Å². The lowest BCUT2D eigenvalue weighted by Crippen LogP contribution is -2.55. The van der Waals surface area contributed by atoms with Gasteiger partial charge in [-0.1, -0.05) is 19.9 Å². The summed E-state index contributed by atoms with van der Waals surface area (Å²) in [5.41, 5.74) is -0.0106. The first-order valence-electron chi connectivity index (χ1n) is 8.33. The molecule has 0 spiro atoms. The maximum atomic E-state index is 12.1. The maximum Gasteiger partial charge on any atom is 0.410 e. The number of hydrogen-bond donors (Lipinski definition) is 0. The summed E-state index contributed by atoms with van der Waals surface area (Å²) in [4.78, 5) is 27.8. The summed E-state index contributed by atoms with van der Waals surface area (Å²) in [5, 5.41) is 0. The van der Waals surface area contributed by atoms with E-state index in [1.54, 1.807) is 6.08 Å². The van der Waals surface area contributed by atoms with Gasteiger partial charge >= 0.3 is 6.09 Å². The van der Waals surface area contributed by atoms with Crippen molar-refractivity contribution in [2.45, 2.75) is 39.2 Å². The van der Waals surface area contributed by atoms with Crippen molar-refractivity contribution in [3.05, 3.63) is 12.7 Å². The Kier molecular flexibility index (Phi) is 6.04. The number of hydrogen-bond acceptors (Lipinski definition) is 4. The molecule has 2 aliphatic heterocycles. The number of carbonyl (C=O) groups excluding carboxylic acids is 2. The second-order valence-corrected chi connectivity index (χ2v) is 7.07. The Morgan fingerprint density at radius 1 is 1.43 bits per heavy atom. The average Bonchev–Trinajstić information content (AvgIpc) is 2.54. The largest absolute Gasteiger partial charge is 0.449 e. The minimum Gasteiger partial charge on any atom is -0.449 e. The monoisotopic (exact) mass is 324 g/mol. The van der Waals surface area contributed by atoms with Gasteiger partial charge in [-0.25, -0.2) is 4.79 Å². The number of piperidine rings is 1. The van der Waals surface area contributed by atoms with Crippen molar-refractivity contribution < 1.29 is 19.1 Å². The van der Waals surface area contributed by atoms with Gasteiger partial charge in [0, 0.05) is 31.1 Å². The van der Waals surface area contributed by atoms with Gasteiger partial charge in [-0.2, -0.15) is 0 Å². The van der Waals surface area contributed by atoms with Crippen LogP contribution in [0.15, 0.2) is 12.7 Å². The molecule has 0 aliphatic carbocycles. The summed E-state index contributed by atoms with van der Waals surface area (Å²) in [6.45, 7) is 11.3. The zero-order chi connectivity index (χ0) is 16.9. The van der Waals surface area contributed by atoms with Crippen LogP contribution in [0.5, 0.6) is 0 Å². The molecule has 2 aliphatic rings. The van der Waals surface area contributed by atoms with E-state index in [-0.39, 0.29) is 23.5 Å². The van der Waals surface area contributed by atoms with Crippen molar-refractivity contribution in [2.24, 2.45) is 5.41 Å². The van der Waals surface area contributed by atoms with Gasteiger partial charge < -0.3 is 19.3 Å². The van der Waals surface area contributed by atoms with Crippen LogP contribution in [0.2, 0.25) is 0 Å². The van der Waals surface area contributed by atoms with E-state index in [1.807, 2.05) is 9.80 Å². The Bertz CT molecular complexity index is 442. The van der Waals surface area contributed by atoms with Crippen LogP contribution in [0, 0.1) is 5.41 Å². The summed E-state index contributed by atoms with van der Waals surface area (Å²) >= 11 is 0. The number of ether oxygens (including phenoxy) is 2. The van der Waals surface area contributed by atoms with Gasteiger partial charge in [0.1, 0.15) is 0 Å². The van der Waals surface area contributed by atoms with E-state index >= 15 is 0 Å². The number of amides is 2. The Labute approximate surface area is 138 Å². The third-order valence-electron chi connectivity index (χ3n) is 4.37. The molecular formula is C17H28N2O4. The van der Waals surface area contributed by atoms with Crippen molar-refractivity contribution in [1.29, 1.82) is 0 Å². The van der Waals surface area contributed by atoms with E-state index < -0.39 is 0 Å². The molecular weight excluding hydrogens is 296 g/mol. The van der Waals surface area contributed by atoms with Crippen LogP contribution in [0.25, 0.3) is 0 Å². The van der Waals surface area contributed by atoms with Crippen molar-refractivity contribution in [2.75, 3.05) is 39.5 Å². The molecule has 0 aromatic rings. The molecule has 23 heavy (non-hydrogen) atoms. The van der Waals surface area contributed by atoms with E-state index in [1.165, 1.54) is 0 Å². The van der Waals surface area contributed by atoms with Crippen molar-refractivity contribution in [3.63, 3.8) is 0 Å². The van der Waals surface area contributed by atoms with Crippen LogP contribution >= 0.6 is 0 Å². The summed E-state index contributed by atoms with van der Waals surface area (Å²) in [5.74, 6) is 0.120. The lowest BCUT2D eigenvalue weighted by Gasteiger charge is -2.44. The molecule has 2 saturated heterocycles. The van der Waals surface area contributed by atoms with E-state index in [9.17, 15) is 9.59 Å². The first kappa shape index (κ1) is 17.8. The molecule has 0 N–H and O–H groups in total. The second kappa shape index (κ2) is 7.81. The van der Waals surface area contributed by atoms with E-state index in [2.05, 4.69) is 20.4 Å². The van der Waals surface area contributed by atoms with Gasteiger partial charge in [-0.15, -0.1) is 6.58 Å². The first-order valence-corrected chi connectivity index (χ1v) is 8.33. The Balaban J connectivity index is 1.78. The summed E-state index contributed by atoms with van der Waals surface area (Å²) in [6, 6.07) is 0.170. The van der Waals surface area contributed by atoms with Gasteiger partial charge in [0.05, 0.1) is 26.2 Å². The SMILES string of the molecule is C=CCOCCC(=O)N1CCC(N2CC(C)(C)COC2=O)CC1. The Morgan fingerprint density at radius 3 is 2.78 bits per heavy atom. The third-order valence-corrected chi connectivity index (χ3v) is 4.37. The molecule has 0 atom stereocenters. The molecule has 2 amide bonds. The van der Waals surface area contributed by atoms with Gasteiger partial charge in [-0.3, -0.25) is 4.79 Å². The molecule has 0 aromatic carbocycles. The Morgan fingerprint density at radius 2 is 2.13 bits per heavy atom. The predicted molar refractivity (Wildman–Crippen MR) is 87.1 cm³/mol. The van der Waals surface area contributed by atoms with Gasteiger partial charge in [0.15, 0.2) is 0 Å². The zero-order valence-corrected chi connectivity index (χ0v) is 14.3. The number of nitrogens with zero attached hydrogens (tertiary/aromatic N) is 2. The topological polar surface area (TPSA) is 59.1 Å². The van der Waals surface area contributed by atoms with Gasteiger partial charge in [-0.05, 0) is 12.8 Å². The van der Waals surface area contributed by atoms with Gasteiger partial charge in [0.2, 0.25) is 5.91 Å². The summed E-state index contributed by atoms with van der Waals surface area (Å²) < 4.78 is 10.6. The second-order valence-electron chi connectivity index (χ2n) is 7.07. The zero-order valence-electron chi connectivity index (χ0n) is 14.3. The lowest BCUT2D eigenvalue weighted by molar-refractivity contribution is -0.134. The molecule has 2 heterocycles. The summed E-state index contributed by atoms with van der Waals surface area (Å²) in [6.07, 6.45) is 3.48. The van der Waals surface area contributed by atoms with E-state index in [0.717, 1.165) is 19.4 Å². The highest BCUT2D eigenvalue weighted by Crippen LogP contribution is 2.28. The fourth-order valence-corrected chi connectivity index (χ4v) is 3.10. The molecule has 0 bridgehead atoms. The predicted octanol–water partition coefficient (Wildman–Crippen LogP) is 2.05. The highest BCUT2D eigenvalue weighted by atomic mass is 16.6. The minimum atomic E-state index is -0.216. The van der Waals surface area contributed by atoms with Crippen LogP contribution in [-0.4, -0.2) is 67.3 Å². The fraction of sp³-hybridized carbons (Fsp3) is 0.765.